The molecule has 3 rings (SSSR count). The Morgan fingerprint density at radius 2 is 1.87 bits per heavy atom. The maximum atomic E-state index is 13.4. The van der Waals surface area contributed by atoms with Gasteiger partial charge in [-0.2, -0.15) is 0 Å². The Balaban J connectivity index is 0.00000341. The standard InChI is InChI=1S/C22H31FN6O.HI/c1-24-22(25-15-19-5-4-6-21(27-19)28(2)3)26-16-20(29-11-13-30-14-12-29)17-7-9-18(23)10-8-17;/h4-10,20H,11-16H2,1-3H3,(H2,24,25,26);1H. The molecular weight excluding hydrogens is 510 g/mol. The summed E-state index contributed by atoms with van der Waals surface area (Å²) >= 11 is 0. The number of nitrogens with one attached hydrogen (secondary N) is 2. The number of pyridine rings is 1. The molecule has 1 fully saturated rings. The summed E-state index contributed by atoms with van der Waals surface area (Å²) in [6, 6.07) is 12.8. The summed E-state index contributed by atoms with van der Waals surface area (Å²) in [5.41, 5.74) is 2.01. The zero-order valence-electron chi connectivity index (χ0n) is 18.3. The van der Waals surface area contributed by atoms with Gasteiger partial charge in [0.1, 0.15) is 11.6 Å². The predicted molar refractivity (Wildman–Crippen MR) is 134 cm³/mol. The Kier molecular flexibility index (Phi) is 10.4. The van der Waals surface area contributed by atoms with Crippen LogP contribution >= 0.6 is 24.0 Å². The van der Waals surface area contributed by atoms with Crippen LogP contribution in [0.2, 0.25) is 0 Å². The first-order valence-corrected chi connectivity index (χ1v) is 10.2. The molecule has 1 atom stereocenters. The zero-order chi connectivity index (χ0) is 21.3. The fourth-order valence-corrected chi connectivity index (χ4v) is 3.43. The number of nitrogens with zero attached hydrogens (tertiary/aromatic N) is 4. The number of anilines is 1. The van der Waals surface area contributed by atoms with Crippen LogP contribution in [-0.4, -0.2) is 69.8 Å². The minimum Gasteiger partial charge on any atom is -0.379 e. The van der Waals surface area contributed by atoms with E-state index in [4.69, 9.17) is 4.74 Å². The molecule has 2 N–H and O–H groups in total. The number of rotatable bonds is 7. The number of ether oxygens (including phenoxy) is 1. The van der Waals surface area contributed by atoms with Crippen LogP contribution in [-0.2, 0) is 11.3 Å². The van der Waals surface area contributed by atoms with Crippen LogP contribution in [0, 0.1) is 5.82 Å². The van der Waals surface area contributed by atoms with Crippen LogP contribution < -0.4 is 15.5 Å². The van der Waals surface area contributed by atoms with E-state index >= 15 is 0 Å². The van der Waals surface area contributed by atoms with E-state index in [0.717, 1.165) is 30.2 Å². The van der Waals surface area contributed by atoms with Gasteiger partial charge in [0.25, 0.3) is 0 Å². The number of hydrogen-bond acceptors (Lipinski definition) is 5. The van der Waals surface area contributed by atoms with Gasteiger partial charge in [0.05, 0.1) is 31.5 Å². The van der Waals surface area contributed by atoms with Gasteiger partial charge in [0.15, 0.2) is 5.96 Å². The highest BCUT2D eigenvalue weighted by molar-refractivity contribution is 14.0. The molecule has 0 saturated carbocycles. The highest BCUT2D eigenvalue weighted by Gasteiger charge is 2.23. The molecule has 0 spiro atoms. The molecule has 9 heteroatoms. The summed E-state index contributed by atoms with van der Waals surface area (Å²) in [7, 11) is 5.70. The molecule has 170 valence electrons. The van der Waals surface area contributed by atoms with Crippen LogP contribution in [0.5, 0.6) is 0 Å². The second kappa shape index (κ2) is 12.8. The van der Waals surface area contributed by atoms with E-state index in [-0.39, 0.29) is 35.8 Å². The van der Waals surface area contributed by atoms with Gasteiger partial charge in [-0.05, 0) is 29.8 Å². The predicted octanol–water partition coefficient (Wildman–Crippen LogP) is 2.64. The molecule has 1 aliphatic heterocycles. The van der Waals surface area contributed by atoms with Crippen molar-refractivity contribution in [3.05, 3.63) is 59.5 Å². The number of benzene rings is 1. The largest absolute Gasteiger partial charge is 0.379 e. The van der Waals surface area contributed by atoms with Crippen molar-refractivity contribution in [2.75, 3.05) is 58.9 Å². The quantitative estimate of drug-likeness (QED) is 0.319. The van der Waals surface area contributed by atoms with Crippen LogP contribution in [0.25, 0.3) is 0 Å². The van der Waals surface area contributed by atoms with E-state index in [1.165, 1.54) is 12.1 Å². The fourth-order valence-electron chi connectivity index (χ4n) is 3.43. The first-order chi connectivity index (χ1) is 14.6. The summed E-state index contributed by atoms with van der Waals surface area (Å²) in [6.45, 7) is 4.32. The van der Waals surface area contributed by atoms with Crippen molar-refractivity contribution in [1.82, 2.24) is 20.5 Å². The van der Waals surface area contributed by atoms with Gasteiger partial charge in [-0.25, -0.2) is 9.37 Å². The number of hydrogen-bond donors (Lipinski definition) is 2. The molecule has 1 aromatic carbocycles. The highest BCUT2D eigenvalue weighted by atomic mass is 127. The third-order valence-corrected chi connectivity index (χ3v) is 5.11. The summed E-state index contributed by atoms with van der Waals surface area (Å²) in [6.07, 6.45) is 0. The van der Waals surface area contributed by atoms with Crippen molar-refractivity contribution < 1.29 is 9.13 Å². The van der Waals surface area contributed by atoms with Crippen molar-refractivity contribution >= 4 is 35.8 Å². The lowest BCUT2D eigenvalue weighted by Crippen LogP contribution is -2.46. The summed E-state index contributed by atoms with van der Waals surface area (Å²) < 4.78 is 18.9. The molecule has 2 aromatic rings. The van der Waals surface area contributed by atoms with Crippen LogP contribution in [0.15, 0.2) is 47.5 Å². The second-order valence-electron chi connectivity index (χ2n) is 7.40. The Morgan fingerprint density at radius 1 is 1.16 bits per heavy atom. The second-order valence-corrected chi connectivity index (χ2v) is 7.40. The SMILES string of the molecule is CN=C(NCc1cccc(N(C)C)n1)NCC(c1ccc(F)cc1)N1CCOCC1.I. The molecule has 1 unspecified atom stereocenters. The molecule has 0 bridgehead atoms. The van der Waals surface area contributed by atoms with Gasteiger partial charge >= 0.3 is 0 Å². The van der Waals surface area contributed by atoms with Gasteiger partial charge in [0, 0.05) is 40.8 Å². The molecule has 0 aliphatic carbocycles. The molecule has 1 aliphatic rings. The van der Waals surface area contributed by atoms with Gasteiger partial charge in [-0.3, -0.25) is 9.89 Å². The molecule has 31 heavy (non-hydrogen) atoms. The summed E-state index contributed by atoms with van der Waals surface area (Å²) in [5, 5.41) is 6.74. The number of aromatic nitrogens is 1. The average Bonchev–Trinajstić information content (AvgIpc) is 2.78. The summed E-state index contributed by atoms with van der Waals surface area (Å²) in [4.78, 5) is 13.3. The van der Waals surface area contributed by atoms with Gasteiger partial charge < -0.3 is 20.3 Å². The first-order valence-electron chi connectivity index (χ1n) is 10.2. The molecule has 1 saturated heterocycles. The minimum absolute atomic E-state index is 0. The Morgan fingerprint density at radius 3 is 2.52 bits per heavy atom. The van der Waals surface area contributed by atoms with Crippen molar-refractivity contribution in [2.24, 2.45) is 4.99 Å². The lowest BCUT2D eigenvalue weighted by atomic mass is 10.0. The first kappa shape index (κ1) is 25.3. The number of halogens is 2. The molecule has 0 radical (unpaired) electrons. The van der Waals surface area contributed by atoms with E-state index in [1.54, 1.807) is 7.05 Å². The normalized spacial score (nSPS) is 15.7. The van der Waals surface area contributed by atoms with Gasteiger partial charge in [0.2, 0.25) is 0 Å². The van der Waals surface area contributed by atoms with Crippen molar-refractivity contribution in [1.29, 1.82) is 0 Å². The Labute approximate surface area is 201 Å². The van der Waals surface area contributed by atoms with E-state index in [9.17, 15) is 4.39 Å². The Bertz CT molecular complexity index is 827. The van der Waals surface area contributed by atoms with Crippen LogP contribution in [0.4, 0.5) is 10.2 Å². The number of guanidine groups is 1. The molecule has 0 amide bonds. The van der Waals surface area contributed by atoms with Gasteiger partial charge in [-0.15, -0.1) is 24.0 Å². The maximum Gasteiger partial charge on any atom is 0.191 e. The van der Waals surface area contributed by atoms with Crippen LogP contribution in [0.1, 0.15) is 17.3 Å². The van der Waals surface area contributed by atoms with Crippen LogP contribution in [0.3, 0.4) is 0 Å². The molecular formula is C22H32FIN6O. The Hall–Kier alpha value is -1.98. The fraction of sp³-hybridized carbons (Fsp3) is 0.455. The topological polar surface area (TPSA) is 65.0 Å². The smallest absolute Gasteiger partial charge is 0.191 e. The highest BCUT2D eigenvalue weighted by Crippen LogP contribution is 2.21. The molecule has 7 nitrogen and oxygen atoms in total. The lowest BCUT2D eigenvalue weighted by Gasteiger charge is -2.35. The summed E-state index contributed by atoms with van der Waals surface area (Å²) in [5.74, 6) is 1.39. The van der Waals surface area contributed by atoms with E-state index in [2.05, 4.69) is 25.5 Å². The van der Waals surface area contributed by atoms with E-state index < -0.39 is 0 Å². The average molecular weight is 542 g/mol. The molecule has 2 heterocycles. The van der Waals surface area contributed by atoms with Crippen molar-refractivity contribution in [3.8, 4) is 0 Å². The lowest BCUT2D eigenvalue weighted by molar-refractivity contribution is 0.0170. The number of morpholine rings is 1. The molecule has 1 aromatic heterocycles. The van der Waals surface area contributed by atoms with Crippen molar-refractivity contribution in [3.63, 3.8) is 0 Å². The minimum atomic E-state index is -0.225. The third-order valence-electron chi connectivity index (χ3n) is 5.11. The maximum absolute atomic E-state index is 13.4. The van der Waals surface area contributed by atoms with Crippen molar-refractivity contribution in [2.45, 2.75) is 12.6 Å². The van der Waals surface area contributed by atoms with Gasteiger partial charge in [-0.1, -0.05) is 18.2 Å². The van der Waals surface area contributed by atoms with E-state index in [1.807, 2.05) is 49.3 Å². The third kappa shape index (κ3) is 7.58. The number of aliphatic imine (C=N–C) groups is 1. The zero-order valence-corrected chi connectivity index (χ0v) is 20.7. The monoisotopic (exact) mass is 542 g/mol. The van der Waals surface area contributed by atoms with E-state index in [0.29, 0.717) is 32.3 Å².